The number of ether oxygens (including phenoxy) is 2. The van der Waals surface area contributed by atoms with E-state index < -0.39 is 6.61 Å². The fraction of sp³-hybridized carbons (Fsp3) is 0.208. The molecule has 4 rings (SSSR count). The van der Waals surface area contributed by atoms with Crippen LogP contribution in [-0.4, -0.2) is 26.2 Å². The molecule has 1 aliphatic rings. The van der Waals surface area contributed by atoms with Crippen LogP contribution in [0.15, 0.2) is 60.0 Å². The van der Waals surface area contributed by atoms with Crippen molar-refractivity contribution in [1.82, 2.24) is 0 Å². The van der Waals surface area contributed by atoms with Crippen molar-refractivity contribution in [3.63, 3.8) is 0 Å². The Morgan fingerprint density at radius 3 is 2.84 bits per heavy atom. The maximum atomic E-state index is 12.8. The van der Waals surface area contributed by atoms with Crippen molar-refractivity contribution in [2.45, 2.75) is 19.6 Å². The maximum Gasteiger partial charge on any atom is 0.387 e. The smallest absolute Gasteiger partial charge is 0.387 e. The van der Waals surface area contributed by atoms with E-state index in [0.717, 1.165) is 25.2 Å². The van der Waals surface area contributed by atoms with Crippen LogP contribution in [0.1, 0.15) is 16.0 Å². The first-order valence-corrected chi connectivity index (χ1v) is 10.9. The SMILES string of the molecule is COc1cccc(/C=C/C(=O)Nc2ccccc2N2CCc3sccc3C2)c1OC(F)F. The zero-order valence-electron chi connectivity index (χ0n) is 17.4. The van der Waals surface area contributed by atoms with Crippen molar-refractivity contribution in [3.05, 3.63) is 76.0 Å². The fourth-order valence-corrected chi connectivity index (χ4v) is 4.58. The molecule has 32 heavy (non-hydrogen) atoms. The fourth-order valence-electron chi connectivity index (χ4n) is 3.69. The number of fused-ring (bicyclic) bond motifs is 1. The Balaban J connectivity index is 1.51. The van der Waals surface area contributed by atoms with E-state index in [1.807, 2.05) is 24.3 Å². The van der Waals surface area contributed by atoms with E-state index >= 15 is 0 Å². The van der Waals surface area contributed by atoms with Crippen molar-refractivity contribution in [2.24, 2.45) is 0 Å². The number of para-hydroxylation sites is 3. The molecule has 2 aromatic carbocycles. The lowest BCUT2D eigenvalue weighted by molar-refractivity contribution is -0.111. The van der Waals surface area contributed by atoms with Gasteiger partial charge in [-0.15, -0.1) is 11.3 Å². The Morgan fingerprint density at radius 1 is 1.19 bits per heavy atom. The molecule has 3 aromatic rings. The van der Waals surface area contributed by atoms with Gasteiger partial charge in [0.05, 0.1) is 18.5 Å². The summed E-state index contributed by atoms with van der Waals surface area (Å²) in [5.74, 6) is -0.332. The lowest BCUT2D eigenvalue weighted by Gasteiger charge is -2.30. The average Bonchev–Trinajstić information content (AvgIpc) is 3.26. The van der Waals surface area contributed by atoms with Crippen LogP contribution in [0.25, 0.3) is 6.08 Å². The predicted molar refractivity (Wildman–Crippen MR) is 123 cm³/mol. The summed E-state index contributed by atoms with van der Waals surface area (Å²) in [5.41, 5.74) is 3.26. The van der Waals surface area contributed by atoms with Gasteiger partial charge in [0.15, 0.2) is 11.5 Å². The highest BCUT2D eigenvalue weighted by Gasteiger charge is 2.20. The molecule has 1 aliphatic heterocycles. The van der Waals surface area contributed by atoms with Crippen molar-refractivity contribution < 1.29 is 23.0 Å². The number of anilines is 2. The number of alkyl halides is 2. The molecule has 0 saturated carbocycles. The zero-order chi connectivity index (χ0) is 22.5. The third-order valence-electron chi connectivity index (χ3n) is 5.16. The largest absolute Gasteiger partial charge is 0.493 e. The zero-order valence-corrected chi connectivity index (χ0v) is 18.2. The third-order valence-corrected chi connectivity index (χ3v) is 6.18. The number of amides is 1. The van der Waals surface area contributed by atoms with E-state index in [2.05, 4.69) is 26.4 Å². The summed E-state index contributed by atoms with van der Waals surface area (Å²) in [6.45, 7) is -1.35. The second kappa shape index (κ2) is 9.82. The first-order valence-electron chi connectivity index (χ1n) is 10.0. The summed E-state index contributed by atoms with van der Waals surface area (Å²) < 4.78 is 35.3. The molecule has 0 bridgehead atoms. The van der Waals surface area contributed by atoms with Crippen LogP contribution in [0.2, 0.25) is 0 Å². The minimum absolute atomic E-state index is 0.116. The number of hydrogen-bond acceptors (Lipinski definition) is 5. The lowest BCUT2D eigenvalue weighted by atomic mass is 10.1. The second-order valence-electron chi connectivity index (χ2n) is 7.14. The molecule has 0 radical (unpaired) electrons. The van der Waals surface area contributed by atoms with Gasteiger partial charge in [-0.05, 0) is 47.7 Å². The molecular weight excluding hydrogens is 434 g/mol. The topological polar surface area (TPSA) is 50.8 Å². The van der Waals surface area contributed by atoms with Gasteiger partial charge in [0.2, 0.25) is 5.91 Å². The first-order chi connectivity index (χ1) is 15.5. The number of methoxy groups -OCH3 is 1. The normalized spacial score (nSPS) is 13.3. The molecule has 1 amide bonds. The molecule has 0 unspecified atom stereocenters. The number of halogens is 2. The minimum Gasteiger partial charge on any atom is -0.493 e. The number of nitrogens with one attached hydrogen (secondary N) is 1. The summed E-state index contributed by atoms with van der Waals surface area (Å²) >= 11 is 1.78. The molecular formula is C24H22F2N2O3S. The highest BCUT2D eigenvalue weighted by molar-refractivity contribution is 7.10. The first kappa shape index (κ1) is 21.8. The van der Waals surface area contributed by atoms with Gasteiger partial charge in [0.25, 0.3) is 0 Å². The summed E-state index contributed by atoms with van der Waals surface area (Å²) in [7, 11) is 1.37. The molecule has 0 aliphatic carbocycles. The highest BCUT2D eigenvalue weighted by atomic mass is 32.1. The predicted octanol–water partition coefficient (Wildman–Crippen LogP) is 5.57. The molecule has 0 spiro atoms. The third kappa shape index (κ3) is 4.91. The Bertz CT molecular complexity index is 1130. The van der Waals surface area contributed by atoms with Crippen molar-refractivity contribution >= 4 is 34.7 Å². The van der Waals surface area contributed by atoms with E-state index in [1.54, 1.807) is 23.5 Å². The van der Waals surface area contributed by atoms with Gasteiger partial charge in [-0.25, -0.2) is 0 Å². The minimum atomic E-state index is -3.01. The summed E-state index contributed by atoms with van der Waals surface area (Å²) in [6.07, 6.45) is 3.69. The molecule has 5 nitrogen and oxygen atoms in total. The van der Waals surface area contributed by atoms with Gasteiger partial charge in [-0.2, -0.15) is 8.78 Å². The van der Waals surface area contributed by atoms with Crippen molar-refractivity contribution in [2.75, 3.05) is 23.9 Å². The Hall–Kier alpha value is -3.39. The van der Waals surface area contributed by atoms with Gasteiger partial charge in [0, 0.05) is 29.6 Å². The standard InChI is InChI=1S/C24H22F2N2O3S/c1-30-20-8-4-5-16(23(20)31-24(25)26)9-10-22(29)27-18-6-2-3-7-19(18)28-13-11-21-17(15-28)12-14-32-21/h2-10,12,14,24H,11,13,15H2,1H3,(H,27,29)/b10-9+. The van der Waals surface area contributed by atoms with E-state index in [-0.39, 0.29) is 17.4 Å². The molecule has 1 aromatic heterocycles. The van der Waals surface area contributed by atoms with Gasteiger partial charge < -0.3 is 19.7 Å². The Morgan fingerprint density at radius 2 is 2.03 bits per heavy atom. The van der Waals surface area contributed by atoms with Crippen LogP contribution >= 0.6 is 11.3 Å². The molecule has 1 N–H and O–H groups in total. The van der Waals surface area contributed by atoms with E-state index in [1.165, 1.54) is 35.8 Å². The van der Waals surface area contributed by atoms with E-state index in [9.17, 15) is 13.6 Å². The number of hydrogen-bond donors (Lipinski definition) is 1. The lowest BCUT2D eigenvalue weighted by Crippen LogP contribution is -2.30. The monoisotopic (exact) mass is 456 g/mol. The summed E-state index contributed by atoms with van der Waals surface area (Å²) in [4.78, 5) is 16.3. The van der Waals surface area contributed by atoms with Gasteiger partial charge in [0.1, 0.15) is 0 Å². The quantitative estimate of drug-likeness (QED) is 0.472. The number of nitrogens with zero attached hydrogens (tertiary/aromatic N) is 1. The molecule has 166 valence electrons. The van der Waals surface area contributed by atoms with Crippen molar-refractivity contribution in [3.8, 4) is 11.5 Å². The van der Waals surface area contributed by atoms with Crippen LogP contribution < -0.4 is 19.7 Å². The van der Waals surface area contributed by atoms with Crippen molar-refractivity contribution in [1.29, 1.82) is 0 Å². The Kier molecular flexibility index (Phi) is 6.70. The van der Waals surface area contributed by atoms with Crippen LogP contribution in [0.4, 0.5) is 20.2 Å². The van der Waals surface area contributed by atoms with Gasteiger partial charge in [-0.3, -0.25) is 4.79 Å². The summed E-state index contributed by atoms with van der Waals surface area (Å²) in [6, 6.07) is 14.5. The van der Waals surface area contributed by atoms with Gasteiger partial charge in [-0.1, -0.05) is 24.3 Å². The van der Waals surface area contributed by atoms with E-state index in [4.69, 9.17) is 4.74 Å². The summed E-state index contributed by atoms with van der Waals surface area (Å²) in [5, 5.41) is 5.01. The van der Waals surface area contributed by atoms with Crippen LogP contribution in [0.3, 0.4) is 0 Å². The number of benzene rings is 2. The highest BCUT2D eigenvalue weighted by Crippen LogP contribution is 2.34. The molecule has 0 fully saturated rings. The number of carbonyl (C=O) groups excluding carboxylic acids is 1. The second-order valence-corrected chi connectivity index (χ2v) is 8.14. The van der Waals surface area contributed by atoms with Crippen LogP contribution in [0, 0.1) is 0 Å². The van der Waals surface area contributed by atoms with Gasteiger partial charge >= 0.3 is 6.61 Å². The van der Waals surface area contributed by atoms with Crippen LogP contribution in [-0.2, 0) is 17.8 Å². The maximum absolute atomic E-state index is 12.8. The number of carbonyl (C=O) groups is 1. The molecule has 2 heterocycles. The molecule has 0 atom stereocenters. The Labute approximate surface area is 188 Å². The average molecular weight is 457 g/mol. The molecule has 0 saturated heterocycles. The number of thiophene rings is 1. The number of rotatable bonds is 7. The molecule has 8 heteroatoms. The van der Waals surface area contributed by atoms with Crippen LogP contribution in [0.5, 0.6) is 11.5 Å². The van der Waals surface area contributed by atoms with E-state index in [0.29, 0.717) is 11.3 Å².